The average Bonchev–Trinajstić information content (AvgIpc) is 3.10. The third-order valence-electron chi connectivity index (χ3n) is 4.05. The molecule has 0 saturated heterocycles. The summed E-state index contributed by atoms with van der Waals surface area (Å²) in [6, 6.07) is 16.1. The summed E-state index contributed by atoms with van der Waals surface area (Å²) in [6.45, 7) is 2.32. The van der Waals surface area contributed by atoms with Crippen molar-refractivity contribution in [3.8, 4) is 11.7 Å². The highest BCUT2D eigenvalue weighted by atomic mass is 32.2. The Morgan fingerprint density at radius 1 is 1.07 bits per heavy atom. The van der Waals surface area contributed by atoms with Crippen LogP contribution >= 0.6 is 11.8 Å². The van der Waals surface area contributed by atoms with Gasteiger partial charge in [-0.1, -0.05) is 18.2 Å². The molecule has 2 heterocycles. The fourth-order valence-electron chi connectivity index (χ4n) is 2.81. The van der Waals surface area contributed by atoms with Crippen LogP contribution in [0.4, 0.5) is 15.9 Å². The number of halogens is 1. The fourth-order valence-corrected chi connectivity index (χ4v) is 3.37. The zero-order valence-electron chi connectivity index (χ0n) is 15.4. The first kappa shape index (κ1) is 18.2. The van der Waals surface area contributed by atoms with Gasteiger partial charge in [0.2, 0.25) is 0 Å². The molecule has 2 aromatic carbocycles. The molecule has 0 aliphatic rings. The van der Waals surface area contributed by atoms with Gasteiger partial charge in [0.25, 0.3) is 0 Å². The minimum absolute atomic E-state index is 0.254. The number of benzene rings is 2. The molecule has 0 spiro atoms. The average molecular weight is 395 g/mol. The van der Waals surface area contributed by atoms with Crippen molar-refractivity contribution in [2.45, 2.75) is 11.9 Å². The van der Waals surface area contributed by atoms with Crippen molar-refractivity contribution in [1.29, 1.82) is 0 Å². The van der Waals surface area contributed by atoms with Crippen molar-refractivity contribution in [3.63, 3.8) is 0 Å². The molecule has 2 aromatic heterocycles. The maximum Gasteiger partial charge on any atom is 0.320 e. The Kier molecular flexibility index (Phi) is 5.12. The predicted octanol–water partition coefficient (Wildman–Crippen LogP) is 4.82. The highest BCUT2D eigenvalue weighted by molar-refractivity contribution is 7.98. The molecule has 0 radical (unpaired) electrons. The first-order chi connectivity index (χ1) is 13.7. The van der Waals surface area contributed by atoms with Gasteiger partial charge in [-0.3, -0.25) is 0 Å². The highest BCUT2D eigenvalue weighted by Crippen LogP contribution is 2.34. The lowest BCUT2D eigenvalue weighted by Crippen LogP contribution is -2.04. The number of nitrogens with one attached hydrogen (secondary N) is 1. The Balaban J connectivity index is 1.92. The molecule has 0 atom stereocenters. The van der Waals surface area contributed by atoms with Crippen LogP contribution in [-0.4, -0.2) is 32.6 Å². The Morgan fingerprint density at radius 3 is 2.50 bits per heavy atom. The smallest absolute Gasteiger partial charge is 0.320 e. The van der Waals surface area contributed by atoms with E-state index in [1.54, 1.807) is 16.8 Å². The Labute approximate surface area is 165 Å². The third kappa shape index (κ3) is 3.50. The van der Waals surface area contributed by atoms with Crippen LogP contribution in [0.15, 0.2) is 59.6 Å². The summed E-state index contributed by atoms with van der Waals surface area (Å²) in [5.74, 6) is 0.265. The molecule has 0 bridgehead atoms. The van der Waals surface area contributed by atoms with E-state index in [0.717, 1.165) is 16.1 Å². The molecule has 1 N–H and O–H groups in total. The van der Waals surface area contributed by atoms with Gasteiger partial charge in [0.05, 0.1) is 17.7 Å². The lowest BCUT2D eigenvalue weighted by molar-refractivity contribution is 0.314. The summed E-state index contributed by atoms with van der Waals surface area (Å²) in [5, 5.41) is 9.53. The molecule has 0 amide bonds. The van der Waals surface area contributed by atoms with Gasteiger partial charge in [-0.15, -0.1) is 11.8 Å². The SMILES string of the molecule is CCOc1nc(Nc2ccc(F)cc2)c2c(SC)nn(-c3ccccc3)c2n1. The van der Waals surface area contributed by atoms with Crippen molar-refractivity contribution < 1.29 is 9.13 Å². The maximum absolute atomic E-state index is 13.3. The summed E-state index contributed by atoms with van der Waals surface area (Å²) in [6.07, 6.45) is 1.95. The van der Waals surface area contributed by atoms with Crippen LogP contribution in [0.3, 0.4) is 0 Å². The van der Waals surface area contributed by atoms with E-state index in [1.807, 2.05) is 43.5 Å². The second-order valence-corrected chi connectivity index (χ2v) is 6.67. The fraction of sp³-hybridized carbons (Fsp3) is 0.150. The zero-order valence-corrected chi connectivity index (χ0v) is 16.2. The quantitative estimate of drug-likeness (QED) is 0.472. The number of thioether (sulfide) groups is 1. The van der Waals surface area contributed by atoms with Crippen LogP contribution in [-0.2, 0) is 0 Å². The van der Waals surface area contributed by atoms with Crippen molar-refractivity contribution in [1.82, 2.24) is 19.7 Å². The van der Waals surface area contributed by atoms with Gasteiger partial charge in [0, 0.05) is 5.69 Å². The van der Waals surface area contributed by atoms with Crippen molar-refractivity contribution in [3.05, 3.63) is 60.4 Å². The molecule has 0 aliphatic carbocycles. The van der Waals surface area contributed by atoms with Gasteiger partial charge in [-0.25, -0.2) is 9.07 Å². The first-order valence-electron chi connectivity index (χ1n) is 8.75. The molecule has 0 aliphatic heterocycles. The van der Waals surface area contributed by atoms with Crippen LogP contribution in [0, 0.1) is 5.82 Å². The lowest BCUT2D eigenvalue weighted by atomic mass is 10.3. The summed E-state index contributed by atoms with van der Waals surface area (Å²) in [7, 11) is 0. The zero-order chi connectivity index (χ0) is 19.5. The molecule has 4 rings (SSSR count). The van der Waals surface area contributed by atoms with E-state index in [9.17, 15) is 4.39 Å². The minimum Gasteiger partial charge on any atom is -0.464 e. The van der Waals surface area contributed by atoms with Gasteiger partial charge in [0.15, 0.2) is 5.65 Å². The second-order valence-electron chi connectivity index (χ2n) is 5.87. The van der Waals surface area contributed by atoms with Gasteiger partial charge >= 0.3 is 6.01 Å². The van der Waals surface area contributed by atoms with Crippen LogP contribution in [0.25, 0.3) is 16.7 Å². The topological polar surface area (TPSA) is 64.9 Å². The van der Waals surface area contributed by atoms with Gasteiger partial charge in [-0.05, 0) is 49.6 Å². The van der Waals surface area contributed by atoms with Gasteiger partial charge in [-0.2, -0.15) is 15.1 Å². The maximum atomic E-state index is 13.3. The highest BCUT2D eigenvalue weighted by Gasteiger charge is 2.20. The Bertz CT molecular complexity index is 1100. The number of nitrogens with zero attached hydrogens (tertiary/aromatic N) is 4. The molecule has 142 valence electrons. The molecule has 8 heteroatoms. The number of anilines is 2. The molecule has 0 fully saturated rings. The van der Waals surface area contributed by atoms with Gasteiger partial charge < -0.3 is 10.1 Å². The van der Waals surface area contributed by atoms with Crippen LogP contribution < -0.4 is 10.1 Å². The van der Waals surface area contributed by atoms with E-state index in [0.29, 0.717) is 23.8 Å². The van der Waals surface area contributed by atoms with Crippen molar-refractivity contribution in [2.24, 2.45) is 0 Å². The number of para-hydroxylation sites is 1. The van der Waals surface area contributed by atoms with E-state index in [2.05, 4.69) is 15.3 Å². The molecular weight excluding hydrogens is 377 g/mol. The van der Waals surface area contributed by atoms with E-state index in [1.165, 1.54) is 23.9 Å². The number of rotatable bonds is 6. The van der Waals surface area contributed by atoms with E-state index in [4.69, 9.17) is 9.84 Å². The first-order valence-corrected chi connectivity index (χ1v) is 9.97. The minimum atomic E-state index is -0.296. The lowest BCUT2D eigenvalue weighted by Gasteiger charge is -2.10. The van der Waals surface area contributed by atoms with E-state index in [-0.39, 0.29) is 11.8 Å². The van der Waals surface area contributed by atoms with Crippen LogP contribution in [0.1, 0.15) is 6.92 Å². The number of ether oxygens (including phenoxy) is 1. The third-order valence-corrected chi connectivity index (χ3v) is 4.72. The summed E-state index contributed by atoms with van der Waals surface area (Å²) in [4.78, 5) is 9.10. The molecule has 6 nitrogen and oxygen atoms in total. The van der Waals surface area contributed by atoms with E-state index < -0.39 is 0 Å². The molecule has 0 unspecified atom stereocenters. The largest absolute Gasteiger partial charge is 0.464 e. The second kappa shape index (κ2) is 7.85. The molecule has 28 heavy (non-hydrogen) atoms. The number of hydrogen-bond donors (Lipinski definition) is 1. The monoisotopic (exact) mass is 395 g/mol. The predicted molar refractivity (Wildman–Crippen MR) is 109 cm³/mol. The van der Waals surface area contributed by atoms with E-state index >= 15 is 0 Å². The normalized spacial score (nSPS) is 11.0. The standard InChI is InChI=1S/C20H18FN5OS/c1-3-27-20-23-17(22-14-11-9-13(21)10-12-14)16-18(24-20)26(25-19(16)28-2)15-7-5-4-6-8-15/h4-12H,3H2,1-2H3,(H,22,23,24). The summed E-state index contributed by atoms with van der Waals surface area (Å²) < 4.78 is 20.6. The number of aromatic nitrogens is 4. The molecule has 4 aromatic rings. The van der Waals surface area contributed by atoms with Crippen LogP contribution in [0.5, 0.6) is 6.01 Å². The summed E-state index contributed by atoms with van der Waals surface area (Å²) in [5.41, 5.74) is 2.24. The summed E-state index contributed by atoms with van der Waals surface area (Å²) >= 11 is 1.51. The number of hydrogen-bond acceptors (Lipinski definition) is 6. The Morgan fingerprint density at radius 2 is 1.82 bits per heavy atom. The van der Waals surface area contributed by atoms with Crippen LogP contribution in [0.2, 0.25) is 0 Å². The van der Waals surface area contributed by atoms with Crippen molar-refractivity contribution >= 4 is 34.3 Å². The molecule has 0 saturated carbocycles. The Hall–Kier alpha value is -3.13. The van der Waals surface area contributed by atoms with Crippen molar-refractivity contribution in [2.75, 3.05) is 18.2 Å². The molecular formula is C20H18FN5OS. The number of fused-ring (bicyclic) bond motifs is 1. The van der Waals surface area contributed by atoms with Gasteiger partial charge in [0.1, 0.15) is 16.7 Å².